The zero-order valence-electron chi connectivity index (χ0n) is 6.04. The molecule has 0 amide bonds. The van der Waals surface area contributed by atoms with Crippen molar-refractivity contribution in [3.05, 3.63) is 23.5 Å². The Hall–Kier alpha value is -1.52. The van der Waals surface area contributed by atoms with Crippen LogP contribution in [0.1, 0.15) is 10.4 Å². The summed E-state index contributed by atoms with van der Waals surface area (Å²) in [5, 5.41) is 8.51. The quantitative estimate of drug-likeness (QED) is 0.451. The molecule has 0 aliphatic heterocycles. The van der Waals surface area contributed by atoms with Gasteiger partial charge in [-0.25, -0.2) is 9.18 Å². The lowest BCUT2D eigenvalue weighted by Gasteiger charge is -2.04. The van der Waals surface area contributed by atoms with Crippen molar-refractivity contribution in [3.8, 4) is 0 Å². The first-order valence-electron chi connectivity index (χ1n) is 3.10. The summed E-state index contributed by atoms with van der Waals surface area (Å²) in [6.07, 6.45) is 0. The van der Waals surface area contributed by atoms with E-state index in [1.165, 1.54) is 0 Å². The van der Waals surface area contributed by atoms with E-state index < -0.39 is 11.8 Å². The topological polar surface area (TPSA) is 63.3 Å². The van der Waals surface area contributed by atoms with E-state index in [0.29, 0.717) is 0 Å². The van der Waals surface area contributed by atoms with Crippen molar-refractivity contribution in [2.45, 2.75) is 0 Å². The number of benzene rings is 1. The third-order valence-electron chi connectivity index (χ3n) is 1.41. The minimum atomic E-state index is -1.29. The Morgan fingerprint density at radius 3 is 2.67 bits per heavy atom. The molecule has 3 nitrogen and oxygen atoms in total. The number of carboxylic acids is 1. The van der Waals surface area contributed by atoms with E-state index in [-0.39, 0.29) is 16.7 Å². The highest BCUT2D eigenvalue weighted by atomic mass is 19.1. The van der Waals surface area contributed by atoms with Gasteiger partial charge in [0.2, 0.25) is 0 Å². The Morgan fingerprint density at radius 2 is 2.17 bits per heavy atom. The van der Waals surface area contributed by atoms with Gasteiger partial charge in [0.25, 0.3) is 0 Å². The number of nitrogens with two attached hydrogens (primary N) is 1. The van der Waals surface area contributed by atoms with Crippen molar-refractivity contribution >= 4 is 25.0 Å². The van der Waals surface area contributed by atoms with E-state index >= 15 is 0 Å². The molecule has 12 heavy (non-hydrogen) atoms. The predicted octanol–water partition coefficient (Wildman–Crippen LogP) is -0.100. The van der Waals surface area contributed by atoms with Crippen LogP contribution < -0.4 is 11.2 Å². The largest absolute Gasteiger partial charge is 0.478 e. The minimum absolute atomic E-state index is 0.0626. The summed E-state index contributed by atoms with van der Waals surface area (Å²) < 4.78 is 12.6. The summed E-state index contributed by atoms with van der Waals surface area (Å²) >= 11 is 0. The van der Waals surface area contributed by atoms with Gasteiger partial charge in [0.15, 0.2) is 0 Å². The van der Waals surface area contributed by atoms with E-state index in [1.54, 1.807) is 0 Å². The molecule has 1 aromatic carbocycles. The van der Waals surface area contributed by atoms with Crippen molar-refractivity contribution < 1.29 is 14.3 Å². The van der Waals surface area contributed by atoms with Gasteiger partial charge in [0.1, 0.15) is 13.7 Å². The zero-order valence-corrected chi connectivity index (χ0v) is 6.04. The number of halogens is 1. The van der Waals surface area contributed by atoms with Crippen molar-refractivity contribution in [3.63, 3.8) is 0 Å². The summed E-state index contributed by atoms with van der Waals surface area (Å²) in [6, 6.07) is 1.80. The molecule has 0 fully saturated rings. The number of anilines is 1. The maximum Gasteiger partial charge on any atom is 0.337 e. The van der Waals surface area contributed by atoms with Crippen LogP contribution in [0.25, 0.3) is 0 Å². The Balaban J connectivity index is 3.37. The van der Waals surface area contributed by atoms with Crippen LogP contribution in [0.5, 0.6) is 0 Å². The molecule has 0 aliphatic rings. The number of hydrogen-bond acceptors (Lipinski definition) is 2. The maximum absolute atomic E-state index is 12.6. The first-order valence-corrected chi connectivity index (χ1v) is 3.10. The highest BCUT2D eigenvalue weighted by Crippen LogP contribution is 2.09. The molecule has 3 N–H and O–H groups in total. The van der Waals surface area contributed by atoms with Gasteiger partial charge in [-0.15, -0.1) is 0 Å². The Kier molecular flexibility index (Phi) is 2.04. The molecule has 0 aliphatic carbocycles. The van der Waals surface area contributed by atoms with Gasteiger partial charge >= 0.3 is 5.97 Å². The van der Waals surface area contributed by atoms with Crippen LogP contribution >= 0.6 is 0 Å². The van der Waals surface area contributed by atoms with Gasteiger partial charge in [0, 0.05) is 5.69 Å². The average Bonchev–Trinajstić information content (AvgIpc) is 1.96. The van der Waals surface area contributed by atoms with Crippen LogP contribution in [-0.4, -0.2) is 18.9 Å². The lowest BCUT2D eigenvalue weighted by atomic mass is 9.91. The Labute approximate surface area is 69.4 Å². The number of rotatable bonds is 1. The van der Waals surface area contributed by atoms with Gasteiger partial charge < -0.3 is 10.8 Å². The fourth-order valence-corrected chi connectivity index (χ4v) is 0.816. The van der Waals surface area contributed by atoms with Crippen molar-refractivity contribution in [2.24, 2.45) is 0 Å². The molecule has 0 aromatic heterocycles. The van der Waals surface area contributed by atoms with E-state index in [9.17, 15) is 9.18 Å². The molecular weight excluding hydrogens is 160 g/mol. The van der Waals surface area contributed by atoms with E-state index in [0.717, 1.165) is 12.1 Å². The molecule has 5 heteroatoms. The van der Waals surface area contributed by atoms with Crippen LogP contribution in [0.15, 0.2) is 12.1 Å². The lowest BCUT2D eigenvalue weighted by molar-refractivity contribution is 0.0697. The van der Waals surface area contributed by atoms with Crippen LogP contribution in [0.4, 0.5) is 10.1 Å². The molecule has 1 aromatic rings. The van der Waals surface area contributed by atoms with E-state index in [2.05, 4.69) is 0 Å². The number of carboxylic acid groups (broad SMARTS) is 1. The van der Waals surface area contributed by atoms with Crippen LogP contribution in [0, 0.1) is 5.82 Å². The number of carbonyl (C=O) groups is 1. The van der Waals surface area contributed by atoms with Gasteiger partial charge in [-0.3, -0.25) is 0 Å². The highest BCUT2D eigenvalue weighted by molar-refractivity contribution is 6.36. The molecule has 0 atom stereocenters. The third kappa shape index (κ3) is 1.39. The molecule has 1 rings (SSSR count). The van der Waals surface area contributed by atoms with Crippen LogP contribution in [0.3, 0.4) is 0 Å². The minimum Gasteiger partial charge on any atom is -0.478 e. The molecular formula is C7H5BFNO2. The van der Waals surface area contributed by atoms with Gasteiger partial charge in [-0.1, -0.05) is 5.46 Å². The summed E-state index contributed by atoms with van der Waals surface area (Å²) in [5.41, 5.74) is 4.80. The maximum atomic E-state index is 12.6. The monoisotopic (exact) mass is 165 g/mol. The standard InChI is InChI=1S/C7H5BFNO2/c8-5-2-3(9)1-4(6(5)10)7(11)12/h1-2H,10H2,(H,11,12). The number of nitrogen functional groups attached to an aromatic ring is 1. The highest BCUT2D eigenvalue weighted by Gasteiger charge is 2.10. The average molecular weight is 165 g/mol. The van der Waals surface area contributed by atoms with Gasteiger partial charge in [0.05, 0.1) is 5.56 Å². The second-order valence-electron chi connectivity index (χ2n) is 2.26. The SMILES string of the molecule is [B]c1cc(F)cc(C(=O)O)c1N. The molecule has 0 saturated heterocycles. The van der Waals surface area contributed by atoms with Crippen molar-refractivity contribution in [1.29, 1.82) is 0 Å². The molecule has 0 spiro atoms. The summed E-state index contributed by atoms with van der Waals surface area (Å²) in [4.78, 5) is 10.4. The molecule has 0 heterocycles. The Morgan fingerprint density at radius 1 is 1.58 bits per heavy atom. The van der Waals surface area contributed by atoms with Gasteiger partial charge in [-0.2, -0.15) is 0 Å². The molecule has 60 valence electrons. The normalized spacial score (nSPS) is 9.75. The molecule has 0 saturated carbocycles. The molecule has 2 radical (unpaired) electrons. The Bertz CT molecular complexity index is 340. The lowest BCUT2D eigenvalue weighted by Crippen LogP contribution is -2.16. The fraction of sp³-hybridized carbons (Fsp3) is 0. The predicted molar refractivity (Wildman–Crippen MR) is 43.2 cm³/mol. The number of aromatic carboxylic acids is 1. The summed E-state index contributed by atoms with van der Waals surface area (Å²) in [5.74, 6) is -2.00. The molecule has 0 unspecified atom stereocenters. The van der Waals surface area contributed by atoms with Crippen LogP contribution in [0.2, 0.25) is 0 Å². The van der Waals surface area contributed by atoms with Gasteiger partial charge in [-0.05, 0) is 12.1 Å². The number of hydrogen-bond donors (Lipinski definition) is 2. The summed E-state index contributed by atoms with van der Waals surface area (Å²) in [7, 11) is 5.23. The second-order valence-corrected chi connectivity index (χ2v) is 2.26. The van der Waals surface area contributed by atoms with Crippen molar-refractivity contribution in [2.75, 3.05) is 5.73 Å². The van der Waals surface area contributed by atoms with E-state index in [4.69, 9.17) is 18.7 Å². The first-order chi connectivity index (χ1) is 5.52. The third-order valence-corrected chi connectivity index (χ3v) is 1.41. The molecule has 0 bridgehead atoms. The second kappa shape index (κ2) is 2.85. The fourth-order valence-electron chi connectivity index (χ4n) is 0.816. The van der Waals surface area contributed by atoms with Crippen molar-refractivity contribution in [1.82, 2.24) is 0 Å². The smallest absolute Gasteiger partial charge is 0.337 e. The first kappa shape index (κ1) is 8.58. The van der Waals surface area contributed by atoms with E-state index in [1.807, 2.05) is 0 Å². The zero-order chi connectivity index (χ0) is 9.30. The summed E-state index contributed by atoms with van der Waals surface area (Å²) in [6.45, 7) is 0. The van der Waals surface area contributed by atoms with Crippen LogP contribution in [-0.2, 0) is 0 Å².